The quantitative estimate of drug-likeness (QED) is 0.524. The third-order valence-electron chi connectivity index (χ3n) is 0.658. The molecule has 0 aromatic carbocycles. The lowest BCUT2D eigenvalue weighted by Crippen LogP contribution is -1.70. The first-order chi connectivity index (χ1) is 3.91. The maximum absolute atomic E-state index is 2.22. The molecule has 6 heteroatoms. The van der Waals surface area contributed by atoms with Gasteiger partial charge in [-0.05, 0) is 12.8 Å². The Hall–Kier alpha value is 1.86. The highest BCUT2D eigenvalue weighted by Gasteiger charge is 1.83. The van der Waals surface area contributed by atoms with Crippen molar-refractivity contribution in [3.05, 3.63) is 0 Å². The topological polar surface area (TPSA) is 0 Å². The van der Waals surface area contributed by atoms with Crippen LogP contribution in [0.25, 0.3) is 0 Å². The molecule has 0 aromatic heterocycles. The summed E-state index contributed by atoms with van der Waals surface area (Å²) in [7, 11) is 3.99. The van der Waals surface area contributed by atoms with Gasteiger partial charge in [0.2, 0.25) is 0 Å². The van der Waals surface area contributed by atoms with Gasteiger partial charge >= 0.3 is 0 Å². The van der Waals surface area contributed by atoms with E-state index >= 15 is 0 Å². The van der Waals surface area contributed by atoms with Crippen LogP contribution in [0.5, 0.6) is 0 Å². The number of hydrogen-bond acceptors (Lipinski definition) is 2. The summed E-state index contributed by atoms with van der Waals surface area (Å²) in [6.45, 7) is 4.44. The van der Waals surface area contributed by atoms with Crippen molar-refractivity contribution in [1.29, 1.82) is 0 Å². The SMILES string of the molecule is CCCSSCCC.Cl.Cl.Cl.Cl. The monoisotopic (exact) mass is 294 g/mol. The second-order valence-electron chi connectivity index (χ2n) is 1.64. The standard InChI is InChI=1S/C6H14S2.4ClH/c1-3-5-7-8-6-4-2;;;;/h3-6H2,1-2H3;4*1H. The van der Waals surface area contributed by atoms with Crippen molar-refractivity contribution in [1.82, 2.24) is 0 Å². The van der Waals surface area contributed by atoms with Crippen LogP contribution in [0.4, 0.5) is 0 Å². The first kappa shape index (κ1) is 29.2. The lowest BCUT2D eigenvalue weighted by atomic mass is 10.6. The Morgan fingerprint density at radius 3 is 1.08 bits per heavy atom. The zero-order valence-corrected chi connectivity index (χ0v) is 12.2. The molecule has 0 unspecified atom stereocenters. The molecule has 0 aromatic rings. The molecular formula is C6H18Cl4S2. The molecule has 82 valence electrons. The first-order valence-corrected chi connectivity index (χ1v) is 5.65. The predicted molar refractivity (Wildman–Crippen MR) is 74.5 cm³/mol. The number of hydrogen-bond donors (Lipinski definition) is 0. The van der Waals surface area contributed by atoms with Gasteiger partial charge in [0.15, 0.2) is 0 Å². The fourth-order valence-corrected chi connectivity index (χ4v) is 2.56. The van der Waals surface area contributed by atoms with Crippen LogP contribution in [0.15, 0.2) is 0 Å². The van der Waals surface area contributed by atoms with Crippen LogP contribution in [0.1, 0.15) is 26.7 Å². The summed E-state index contributed by atoms with van der Waals surface area (Å²) in [5, 5.41) is 0. The largest absolute Gasteiger partial charge is 0.147 e. The van der Waals surface area contributed by atoms with Gasteiger partial charge in [0.05, 0.1) is 0 Å². The smallest absolute Gasteiger partial charge is 0.00343 e. The minimum Gasteiger partial charge on any atom is -0.147 e. The summed E-state index contributed by atoms with van der Waals surface area (Å²) in [5.74, 6) is 2.62. The Bertz CT molecular complexity index is 42.5. The lowest BCUT2D eigenvalue weighted by molar-refractivity contribution is 1.11. The normalized spacial score (nSPS) is 6.50. The Balaban J connectivity index is -0.0000000408. The van der Waals surface area contributed by atoms with Gasteiger partial charge in [0, 0.05) is 11.5 Å². The zero-order valence-electron chi connectivity index (χ0n) is 7.28. The van der Waals surface area contributed by atoms with Crippen molar-refractivity contribution < 1.29 is 0 Å². The molecule has 0 bridgehead atoms. The van der Waals surface area contributed by atoms with Crippen LogP contribution in [0.3, 0.4) is 0 Å². The van der Waals surface area contributed by atoms with E-state index in [-0.39, 0.29) is 49.6 Å². The summed E-state index contributed by atoms with van der Waals surface area (Å²) in [6, 6.07) is 0. The minimum absolute atomic E-state index is 0. The van der Waals surface area contributed by atoms with Gasteiger partial charge in [-0.1, -0.05) is 35.4 Å². The van der Waals surface area contributed by atoms with Crippen LogP contribution >= 0.6 is 71.2 Å². The van der Waals surface area contributed by atoms with E-state index in [1.807, 2.05) is 21.6 Å². The third-order valence-corrected chi connectivity index (χ3v) is 3.47. The molecule has 0 fully saturated rings. The van der Waals surface area contributed by atoms with Crippen molar-refractivity contribution >= 4 is 71.2 Å². The Morgan fingerprint density at radius 1 is 0.667 bits per heavy atom. The van der Waals surface area contributed by atoms with Gasteiger partial charge in [-0.25, -0.2) is 0 Å². The van der Waals surface area contributed by atoms with Gasteiger partial charge in [-0.2, -0.15) is 0 Å². The first-order valence-electron chi connectivity index (χ1n) is 3.16. The molecule has 0 heterocycles. The molecule has 0 aliphatic heterocycles. The molecule has 0 atom stereocenters. The predicted octanol–water partition coefficient (Wildman–Crippen LogP) is 4.88. The zero-order chi connectivity index (χ0) is 6.24. The second kappa shape index (κ2) is 29.3. The minimum atomic E-state index is 0. The van der Waals surface area contributed by atoms with Gasteiger partial charge in [0.25, 0.3) is 0 Å². The fraction of sp³-hybridized carbons (Fsp3) is 1.00. The summed E-state index contributed by atoms with van der Waals surface area (Å²) < 4.78 is 0. The third kappa shape index (κ3) is 29.7. The van der Waals surface area contributed by atoms with Crippen LogP contribution in [0, 0.1) is 0 Å². The highest BCUT2D eigenvalue weighted by molar-refractivity contribution is 8.76. The summed E-state index contributed by atoms with van der Waals surface area (Å²) >= 11 is 0. The summed E-state index contributed by atoms with van der Waals surface area (Å²) in [5.41, 5.74) is 0. The highest BCUT2D eigenvalue weighted by Crippen LogP contribution is 2.21. The van der Waals surface area contributed by atoms with Gasteiger partial charge < -0.3 is 0 Å². The van der Waals surface area contributed by atoms with Gasteiger partial charge in [-0.3, -0.25) is 0 Å². The molecule has 0 saturated carbocycles. The van der Waals surface area contributed by atoms with Crippen LogP contribution in [-0.4, -0.2) is 11.5 Å². The van der Waals surface area contributed by atoms with Crippen LogP contribution < -0.4 is 0 Å². The molecule has 0 nitrogen and oxygen atoms in total. The molecule has 0 rings (SSSR count). The molecule has 0 N–H and O–H groups in total. The molecular weight excluding hydrogens is 278 g/mol. The van der Waals surface area contributed by atoms with E-state index < -0.39 is 0 Å². The van der Waals surface area contributed by atoms with Crippen LogP contribution in [-0.2, 0) is 0 Å². The van der Waals surface area contributed by atoms with E-state index in [0.29, 0.717) is 0 Å². The Morgan fingerprint density at radius 2 is 0.917 bits per heavy atom. The Kier molecular flexibility index (Phi) is 71.2. The lowest BCUT2D eigenvalue weighted by Gasteiger charge is -1.93. The molecule has 0 aliphatic rings. The van der Waals surface area contributed by atoms with E-state index in [0.717, 1.165) is 0 Å². The summed E-state index contributed by atoms with van der Waals surface area (Å²) in [4.78, 5) is 0. The van der Waals surface area contributed by atoms with Gasteiger partial charge in [0.1, 0.15) is 0 Å². The highest BCUT2D eigenvalue weighted by atomic mass is 35.5. The maximum Gasteiger partial charge on any atom is 0.00343 e. The van der Waals surface area contributed by atoms with E-state index in [9.17, 15) is 0 Å². The molecule has 0 radical (unpaired) electrons. The fourth-order valence-electron chi connectivity index (χ4n) is 0.285. The van der Waals surface area contributed by atoms with Crippen molar-refractivity contribution in [2.45, 2.75) is 26.7 Å². The molecule has 0 spiro atoms. The number of halogens is 4. The van der Waals surface area contributed by atoms with E-state index in [4.69, 9.17) is 0 Å². The van der Waals surface area contributed by atoms with Crippen LogP contribution in [0.2, 0.25) is 0 Å². The second-order valence-corrected chi connectivity index (χ2v) is 4.35. The van der Waals surface area contributed by atoms with E-state index in [1.165, 1.54) is 24.3 Å². The van der Waals surface area contributed by atoms with Crippen molar-refractivity contribution in [3.8, 4) is 0 Å². The average molecular weight is 296 g/mol. The van der Waals surface area contributed by atoms with Crippen molar-refractivity contribution in [2.75, 3.05) is 11.5 Å². The van der Waals surface area contributed by atoms with Gasteiger partial charge in [-0.15, -0.1) is 49.6 Å². The molecule has 0 amide bonds. The molecule has 0 aliphatic carbocycles. The molecule has 0 saturated heterocycles. The van der Waals surface area contributed by atoms with Crippen molar-refractivity contribution in [3.63, 3.8) is 0 Å². The Labute approximate surface area is 109 Å². The van der Waals surface area contributed by atoms with Crippen molar-refractivity contribution in [2.24, 2.45) is 0 Å². The summed E-state index contributed by atoms with van der Waals surface area (Å²) in [6.07, 6.45) is 2.61. The molecule has 12 heavy (non-hydrogen) atoms. The average Bonchev–Trinajstić information content (AvgIpc) is 1.81. The number of rotatable bonds is 5. The van der Waals surface area contributed by atoms with E-state index in [1.54, 1.807) is 0 Å². The van der Waals surface area contributed by atoms with E-state index in [2.05, 4.69) is 13.8 Å². The maximum atomic E-state index is 2.22.